The number of tetrazole rings is 1. The maximum Gasteiger partial charge on any atom is 0.223 e. The lowest BCUT2D eigenvalue weighted by atomic mass is 10.3. The lowest BCUT2D eigenvalue weighted by Gasteiger charge is -2.06. The molecule has 2 N–H and O–H groups in total. The number of aromatic nitrogens is 4. The van der Waals surface area contributed by atoms with E-state index in [9.17, 15) is 4.79 Å². The molecule has 0 saturated heterocycles. The van der Waals surface area contributed by atoms with Crippen LogP contribution in [-0.4, -0.2) is 33.1 Å². The third kappa shape index (κ3) is 4.55. The summed E-state index contributed by atoms with van der Waals surface area (Å²) in [5.74, 6) is 0.925. The number of halogens is 1. The van der Waals surface area contributed by atoms with Gasteiger partial charge in [0.05, 0.1) is 19.6 Å². The fourth-order valence-corrected chi connectivity index (χ4v) is 1.52. The van der Waals surface area contributed by atoms with Crippen LogP contribution in [0.2, 0.25) is 5.02 Å². The Balaban J connectivity index is 1.66. The van der Waals surface area contributed by atoms with Crippen molar-refractivity contribution in [2.45, 2.75) is 13.0 Å². The van der Waals surface area contributed by atoms with Crippen LogP contribution in [0.25, 0.3) is 0 Å². The smallest absolute Gasteiger partial charge is 0.223 e. The predicted octanol–water partition coefficient (Wildman–Crippen LogP) is 0.938. The second-order valence-corrected chi connectivity index (χ2v) is 4.10. The largest absolute Gasteiger partial charge is 0.493 e. The van der Waals surface area contributed by atoms with Crippen LogP contribution in [0.5, 0.6) is 5.75 Å². The topological polar surface area (TPSA) is 92.8 Å². The summed E-state index contributed by atoms with van der Waals surface area (Å²) in [5, 5.41) is 16.4. The van der Waals surface area contributed by atoms with Crippen molar-refractivity contribution in [3.8, 4) is 5.75 Å². The minimum Gasteiger partial charge on any atom is -0.493 e. The summed E-state index contributed by atoms with van der Waals surface area (Å²) in [5.41, 5.74) is 0. The van der Waals surface area contributed by atoms with Gasteiger partial charge in [0.15, 0.2) is 5.82 Å². The van der Waals surface area contributed by atoms with Gasteiger partial charge in [-0.15, -0.1) is 10.2 Å². The number of hydrogen-bond donors (Lipinski definition) is 2. The molecule has 0 fully saturated rings. The first-order valence-corrected chi connectivity index (χ1v) is 5.99. The zero-order valence-corrected chi connectivity index (χ0v) is 10.7. The highest BCUT2D eigenvalue weighted by Crippen LogP contribution is 2.16. The Bertz CT molecular complexity index is 532. The number of hydrogen-bond acceptors (Lipinski definition) is 5. The molecule has 0 aliphatic carbocycles. The van der Waals surface area contributed by atoms with Crippen molar-refractivity contribution in [3.05, 3.63) is 35.1 Å². The first-order valence-electron chi connectivity index (χ1n) is 5.61. The number of benzene rings is 1. The Morgan fingerprint density at radius 1 is 1.47 bits per heavy atom. The summed E-state index contributed by atoms with van der Waals surface area (Å²) in [7, 11) is 0. The van der Waals surface area contributed by atoms with Gasteiger partial charge in [-0.25, -0.2) is 0 Å². The number of aromatic amines is 1. The molecule has 1 aromatic heterocycles. The van der Waals surface area contributed by atoms with Crippen LogP contribution < -0.4 is 10.1 Å². The molecule has 8 heteroatoms. The maximum atomic E-state index is 11.5. The summed E-state index contributed by atoms with van der Waals surface area (Å²) in [4.78, 5) is 11.5. The van der Waals surface area contributed by atoms with Crippen molar-refractivity contribution in [2.75, 3.05) is 6.61 Å². The van der Waals surface area contributed by atoms with E-state index in [1.54, 1.807) is 24.3 Å². The third-order valence-electron chi connectivity index (χ3n) is 2.23. The monoisotopic (exact) mass is 281 g/mol. The van der Waals surface area contributed by atoms with E-state index in [2.05, 4.69) is 25.9 Å². The van der Waals surface area contributed by atoms with E-state index in [1.807, 2.05) is 0 Å². The third-order valence-corrected chi connectivity index (χ3v) is 2.46. The van der Waals surface area contributed by atoms with Gasteiger partial charge in [0.1, 0.15) is 5.75 Å². The van der Waals surface area contributed by atoms with Crippen molar-refractivity contribution in [1.29, 1.82) is 0 Å². The van der Waals surface area contributed by atoms with Crippen molar-refractivity contribution in [2.24, 2.45) is 0 Å². The van der Waals surface area contributed by atoms with E-state index in [0.29, 0.717) is 16.6 Å². The Morgan fingerprint density at radius 2 is 2.37 bits per heavy atom. The van der Waals surface area contributed by atoms with Crippen LogP contribution in [0, 0.1) is 0 Å². The molecule has 7 nitrogen and oxygen atoms in total. The number of H-pyrrole nitrogens is 1. The van der Waals surface area contributed by atoms with Crippen LogP contribution in [0.3, 0.4) is 0 Å². The summed E-state index contributed by atoms with van der Waals surface area (Å²) in [6, 6.07) is 7.02. The Labute approximate surface area is 114 Å². The fourth-order valence-electron chi connectivity index (χ4n) is 1.34. The second-order valence-electron chi connectivity index (χ2n) is 3.66. The highest BCUT2D eigenvalue weighted by atomic mass is 35.5. The van der Waals surface area contributed by atoms with E-state index in [4.69, 9.17) is 16.3 Å². The molecule has 0 aliphatic heterocycles. The quantitative estimate of drug-likeness (QED) is 0.822. The van der Waals surface area contributed by atoms with Crippen LogP contribution in [0.15, 0.2) is 24.3 Å². The number of nitrogens with zero attached hydrogens (tertiary/aromatic N) is 3. The summed E-state index contributed by atoms with van der Waals surface area (Å²) < 4.78 is 5.40. The molecule has 0 spiro atoms. The maximum absolute atomic E-state index is 11.5. The molecule has 0 atom stereocenters. The summed E-state index contributed by atoms with van der Waals surface area (Å²) in [6.07, 6.45) is 0.240. The van der Waals surface area contributed by atoms with E-state index in [0.717, 1.165) is 0 Å². The van der Waals surface area contributed by atoms with Crippen LogP contribution in [0.4, 0.5) is 0 Å². The van der Waals surface area contributed by atoms with Crippen molar-refractivity contribution >= 4 is 17.5 Å². The lowest BCUT2D eigenvalue weighted by molar-refractivity contribution is -0.121. The van der Waals surface area contributed by atoms with E-state index in [1.165, 1.54) is 0 Å². The second kappa shape index (κ2) is 6.69. The molecule has 0 unspecified atom stereocenters. The van der Waals surface area contributed by atoms with Gasteiger partial charge in [-0.3, -0.25) is 4.79 Å². The van der Waals surface area contributed by atoms with E-state index >= 15 is 0 Å². The molecule has 2 aromatic rings. The summed E-state index contributed by atoms with van der Waals surface area (Å²) >= 11 is 5.81. The van der Waals surface area contributed by atoms with Crippen molar-refractivity contribution in [1.82, 2.24) is 25.9 Å². The van der Waals surface area contributed by atoms with E-state index < -0.39 is 0 Å². The number of carbonyl (C=O) groups excluding carboxylic acids is 1. The molecule has 1 aromatic carbocycles. The number of ether oxygens (including phenoxy) is 1. The molecular formula is C11H12ClN5O2. The predicted molar refractivity (Wildman–Crippen MR) is 67.6 cm³/mol. The molecule has 1 heterocycles. The number of amides is 1. The first-order chi connectivity index (χ1) is 9.24. The van der Waals surface area contributed by atoms with Gasteiger partial charge in [0, 0.05) is 5.02 Å². The van der Waals surface area contributed by atoms with Gasteiger partial charge >= 0.3 is 0 Å². The minimum absolute atomic E-state index is 0.146. The fraction of sp³-hybridized carbons (Fsp3) is 0.273. The van der Waals surface area contributed by atoms with Gasteiger partial charge in [-0.2, -0.15) is 5.21 Å². The lowest BCUT2D eigenvalue weighted by Crippen LogP contribution is -2.25. The first kappa shape index (κ1) is 13.3. The summed E-state index contributed by atoms with van der Waals surface area (Å²) in [6.45, 7) is 0.519. The number of carbonyl (C=O) groups is 1. The standard InChI is InChI=1S/C11H12ClN5O2/c12-8-2-1-3-9(6-8)19-5-4-11(18)13-7-10-14-16-17-15-10/h1-3,6H,4-5,7H2,(H,13,18)(H,14,15,16,17). The zero-order valence-electron chi connectivity index (χ0n) is 9.97. The Morgan fingerprint density at radius 3 is 3.11 bits per heavy atom. The van der Waals surface area contributed by atoms with Gasteiger partial charge in [-0.05, 0) is 18.2 Å². The van der Waals surface area contributed by atoms with Crippen molar-refractivity contribution in [3.63, 3.8) is 0 Å². The molecule has 2 rings (SSSR count). The van der Waals surface area contributed by atoms with Gasteiger partial charge in [-0.1, -0.05) is 22.9 Å². The van der Waals surface area contributed by atoms with Gasteiger partial charge in [0.25, 0.3) is 0 Å². The van der Waals surface area contributed by atoms with Gasteiger partial charge in [0.2, 0.25) is 5.91 Å². The molecule has 0 aliphatic rings. The Hall–Kier alpha value is -2.15. The average molecular weight is 282 g/mol. The Kier molecular flexibility index (Phi) is 4.68. The van der Waals surface area contributed by atoms with Crippen molar-refractivity contribution < 1.29 is 9.53 Å². The SMILES string of the molecule is O=C(CCOc1cccc(Cl)c1)NCc1nn[nH]n1. The molecule has 0 saturated carbocycles. The average Bonchev–Trinajstić information content (AvgIpc) is 2.89. The van der Waals surface area contributed by atoms with Crippen LogP contribution >= 0.6 is 11.6 Å². The normalized spacial score (nSPS) is 10.2. The number of nitrogens with one attached hydrogen (secondary N) is 2. The van der Waals surface area contributed by atoms with Gasteiger partial charge < -0.3 is 10.1 Å². The molecule has 100 valence electrons. The molecule has 0 bridgehead atoms. The number of rotatable bonds is 6. The zero-order chi connectivity index (χ0) is 13.5. The molecular weight excluding hydrogens is 270 g/mol. The minimum atomic E-state index is -0.146. The molecule has 0 radical (unpaired) electrons. The van der Waals surface area contributed by atoms with E-state index in [-0.39, 0.29) is 25.5 Å². The van der Waals surface area contributed by atoms with Crippen LogP contribution in [0.1, 0.15) is 12.2 Å². The molecule has 1 amide bonds. The highest BCUT2D eigenvalue weighted by Gasteiger charge is 2.04. The van der Waals surface area contributed by atoms with Crippen LogP contribution in [-0.2, 0) is 11.3 Å². The molecule has 19 heavy (non-hydrogen) atoms. The highest BCUT2D eigenvalue weighted by molar-refractivity contribution is 6.30.